The summed E-state index contributed by atoms with van der Waals surface area (Å²) in [7, 11) is 2.82. The van der Waals surface area contributed by atoms with Crippen molar-refractivity contribution in [1.29, 1.82) is 0 Å². The fraction of sp³-hybridized carbons (Fsp3) is 0.444. The van der Waals surface area contributed by atoms with E-state index < -0.39 is 120 Å². The molecule has 416 valence electrons. The van der Waals surface area contributed by atoms with Gasteiger partial charge in [-0.05, 0) is 56.7 Å². The van der Waals surface area contributed by atoms with Crippen molar-refractivity contribution in [2.45, 2.75) is 115 Å². The van der Waals surface area contributed by atoms with Crippen molar-refractivity contribution in [2.75, 3.05) is 20.7 Å². The van der Waals surface area contributed by atoms with Crippen LogP contribution in [0.15, 0.2) is 102 Å². The van der Waals surface area contributed by atoms with E-state index >= 15 is 0 Å². The van der Waals surface area contributed by atoms with Crippen LogP contribution in [0.5, 0.6) is 0 Å². The molecule has 0 bridgehead atoms. The van der Waals surface area contributed by atoms with Crippen molar-refractivity contribution in [1.82, 2.24) is 41.8 Å². The molecular formula is C54H73N11O12. The van der Waals surface area contributed by atoms with Gasteiger partial charge >= 0.3 is 11.9 Å². The first-order valence-electron chi connectivity index (χ1n) is 25.2. The number of amides is 7. The summed E-state index contributed by atoms with van der Waals surface area (Å²) < 4.78 is 5.83. The first-order valence-corrected chi connectivity index (χ1v) is 25.2. The van der Waals surface area contributed by atoms with Gasteiger partial charge < -0.3 is 68.2 Å². The lowest BCUT2D eigenvalue weighted by Gasteiger charge is -2.28. The number of carboxylic acids is 2. The lowest BCUT2D eigenvalue weighted by molar-refractivity contribution is -0.146. The Labute approximate surface area is 447 Å². The van der Waals surface area contributed by atoms with Gasteiger partial charge in [-0.1, -0.05) is 99.7 Å². The molecule has 7 amide bonds. The lowest BCUT2D eigenvalue weighted by Crippen LogP contribution is -2.59. The van der Waals surface area contributed by atoms with Gasteiger partial charge in [0.15, 0.2) is 5.96 Å². The van der Waals surface area contributed by atoms with Crippen LogP contribution >= 0.6 is 0 Å². The molecule has 4 rings (SSSR count). The number of benzene rings is 2. The van der Waals surface area contributed by atoms with Crippen LogP contribution in [0.1, 0.15) is 71.4 Å². The molecule has 0 spiro atoms. The summed E-state index contributed by atoms with van der Waals surface area (Å²) in [4.78, 5) is 131. The standard InChI is InChI=1S/C54H73N11O12/c1-29(25-30(2)43(77-8)26-35-15-10-9-11-16-35)20-21-38-31(3)46(67)62-41(52(73)74)22-23-44(66)65(7)34(6)49(70)59-33(5)48(69)63-42(27-36-28-58-39-18-13-12-17-37(36)39)51(72)64-45(53(75)76)32(4)47(68)61-40(50(71)60-38)19-14-24-57-54(55)56/h9-13,15-18,20-21,25,28,30-33,38,40-43,45,58H,6,14,19,22-24,26-27H2,1-5,7-8H3,(H,59,70)(H,60,71)(H,61,68)(H,62,67)(H,63,69)(H,64,72)(H,73,74)(H,75,76)(H4,55,56,57)/b21-20+,29-25+/t30-,31-,32-,33+,38-,40?,41+,42?,43-,45?/m0/s1. The largest absolute Gasteiger partial charge is 0.480 e. The number of aliphatic imine (C=N–C) groups is 1. The highest BCUT2D eigenvalue weighted by Gasteiger charge is 2.37. The molecule has 3 unspecified atom stereocenters. The highest BCUT2D eigenvalue weighted by Crippen LogP contribution is 2.21. The number of rotatable bonds is 15. The van der Waals surface area contributed by atoms with E-state index in [9.17, 15) is 53.4 Å². The summed E-state index contributed by atoms with van der Waals surface area (Å²) in [6, 6.07) is 7.76. The van der Waals surface area contributed by atoms with Crippen LogP contribution in [-0.4, -0.2) is 142 Å². The molecule has 1 aliphatic heterocycles. The number of nitrogens with two attached hydrogens (primary N) is 2. The number of H-pyrrole nitrogens is 1. The minimum absolute atomic E-state index is 0.0111. The third-order valence-corrected chi connectivity index (χ3v) is 13.4. The first-order chi connectivity index (χ1) is 36.4. The summed E-state index contributed by atoms with van der Waals surface area (Å²) in [5.74, 6) is -12.6. The monoisotopic (exact) mass is 1070 g/mol. The number of aliphatic carboxylic acids is 2. The SMILES string of the molecule is C=C1C(=O)N[C@H](C)C(=O)NC(Cc2c[nH]c3ccccc23)C(=O)NC(C(=O)O)[C@H](C)C(=O)NC(CCCN=C(N)N)C(=O)N[C@@H](/C=C/C(C)=C/[C@H](C)[C@H](Cc2ccccc2)OC)[C@H](C)C(=O)N[C@@H](C(=O)O)CCC(=O)N1C. The lowest BCUT2D eigenvalue weighted by atomic mass is 9.94. The number of likely N-dealkylation sites (N-methyl/N-ethyl adjacent to an activating group) is 1. The first kappa shape index (κ1) is 61.2. The predicted octanol–water partition coefficient (Wildman–Crippen LogP) is 1.30. The minimum Gasteiger partial charge on any atom is -0.480 e. The zero-order valence-electron chi connectivity index (χ0n) is 44.5. The molecule has 2 aromatic carbocycles. The van der Waals surface area contributed by atoms with Crippen molar-refractivity contribution < 1.29 is 58.1 Å². The average Bonchev–Trinajstić information content (AvgIpc) is 3.80. The number of allylic oxidation sites excluding steroid dienone is 2. The molecule has 13 N–H and O–H groups in total. The second kappa shape index (κ2) is 29.1. The molecule has 0 radical (unpaired) electrons. The Balaban J connectivity index is 1.78. The number of hydrogen-bond acceptors (Lipinski definition) is 11. The van der Waals surface area contributed by atoms with Crippen LogP contribution in [-0.2, 0) is 60.7 Å². The summed E-state index contributed by atoms with van der Waals surface area (Å²) in [6.07, 6.45) is 5.97. The highest BCUT2D eigenvalue weighted by atomic mass is 16.5. The number of aromatic amines is 1. The maximum atomic E-state index is 14.5. The number of guanidine groups is 1. The molecular weight excluding hydrogens is 995 g/mol. The van der Waals surface area contributed by atoms with Crippen molar-refractivity contribution in [2.24, 2.45) is 34.2 Å². The average molecular weight is 1070 g/mol. The Morgan fingerprint density at radius 3 is 2.12 bits per heavy atom. The van der Waals surface area contributed by atoms with E-state index in [1.165, 1.54) is 33.9 Å². The number of fused-ring (bicyclic) bond motifs is 1. The molecule has 1 saturated heterocycles. The van der Waals surface area contributed by atoms with Crippen LogP contribution in [0.4, 0.5) is 0 Å². The van der Waals surface area contributed by atoms with Gasteiger partial charge in [0.2, 0.25) is 35.4 Å². The molecule has 1 aromatic heterocycles. The molecule has 0 saturated carbocycles. The van der Waals surface area contributed by atoms with Gasteiger partial charge in [0, 0.05) is 56.6 Å². The summed E-state index contributed by atoms with van der Waals surface area (Å²) in [6.45, 7) is 11.4. The maximum absolute atomic E-state index is 14.5. The van der Waals surface area contributed by atoms with Crippen LogP contribution in [0.3, 0.4) is 0 Å². The molecule has 1 aliphatic rings. The number of nitrogens with one attached hydrogen (secondary N) is 7. The van der Waals surface area contributed by atoms with Crippen molar-refractivity contribution >= 4 is 70.2 Å². The van der Waals surface area contributed by atoms with Gasteiger partial charge in [-0.2, -0.15) is 0 Å². The third kappa shape index (κ3) is 18.2. The molecule has 77 heavy (non-hydrogen) atoms. The Bertz CT molecular complexity index is 2720. The third-order valence-electron chi connectivity index (χ3n) is 13.4. The van der Waals surface area contributed by atoms with Crippen molar-refractivity contribution in [3.63, 3.8) is 0 Å². The molecule has 23 heteroatoms. The van der Waals surface area contributed by atoms with Crippen molar-refractivity contribution in [3.05, 3.63) is 108 Å². The highest BCUT2D eigenvalue weighted by molar-refractivity contribution is 6.00. The number of nitrogens with zero attached hydrogens (tertiary/aromatic N) is 2. The molecule has 1 fully saturated rings. The molecule has 2 heterocycles. The number of carbonyl (C=O) groups excluding carboxylic acids is 7. The Morgan fingerprint density at radius 2 is 1.47 bits per heavy atom. The Kier molecular flexibility index (Phi) is 23.1. The zero-order chi connectivity index (χ0) is 57.1. The minimum atomic E-state index is -1.94. The second-order valence-corrected chi connectivity index (χ2v) is 19.2. The Hall–Kier alpha value is -8.34. The number of carboxylic acid groups (broad SMARTS) is 2. The maximum Gasteiger partial charge on any atom is 0.327 e. The van der Waals surface area contributed by atoms with E-state index in [0.29, 0.717) is 28.5 Å². The van der Waals surface area contributed by atoms with Gasteiger partial charge in [-0.25, -0.2) is 9.59 Å². The van der Waals surface area contributed by atoms with Crippen LogP contribution in [0, 0.1) is 17.8 Å². The van der Waals surface area contributed by atoms with Crippen LogP contribution in [0.2, 0.25) is 0 Å². The van der Waals surface area contributed by atoms with E-state index in [1.807, 2.05) is 43.3 Å². The number of carbonyl (C=O) groups is 9. The van der Waals surface area contributed by atoms with E-state index in [-0.39, 0.29) is 43.8 Å². The number of aromatic nitrogens is 1. The summed E-state index contributed by atoms with van der Waals surface area (Å²) in [5, 5.41) is 36.6. The molecule has 0 aliphatic carbocycles. The van der Waals surface area contributed by atoms with Gasteiger partial charge in [-0.15, -0.1) is 0 Å². The zero-order valence-corrected chi connectivity index (χ0v) is 44.5. The van der Waals surface area contributed by atoms with Crippen LogP contribution < -0.4 is 43.4 Å². The van der Waals surface area contributed by atoms with Gasteiger partial charge in [0.05, 0.1) is 24.0 Å². The topological polar surface area (TPSA) is 359 Å². The second-order valence-electron chi connectivity index (χ2n) is 19.2. The van der Waals surface area contributed by atoms with Crippen LogP contribution in [0.25, 0.3) is 10.9 Å². The molecule has 23 nitrogen and oxygen atoms in total. The molecule has 3 aromatic rings. The number of para-hydroxylation sites is 1. The van der Waals surface area contributed by atoms with Crippen molar-refractivity contribution in [3.8, 4) is 0 Å². The summed E-state index contributed by atoms with van der Waals surface area (Å²) >= 11 is 0. The number of methoxy groups -OCH3 is 1. The normalized spacial score (nSPS) is 24.2. The van der Waals surface area contributed by atoms with Gasteiger partial charge in [0.25, 0.3) is 5.91 Å². The Morgan fingerprint density at radius 1 is 0.831 bits per heavy atom. The smallest absolute Gasteiger partial charge is 0.327 e. The quantitative estimate of drug-likeness (QED) is 0.0336. The summed E-state index contributed by atoms with van der Waals surface area (Å²) in [5.41, 5.74) is 13.7. The van der Waals surface area contributed by atoms with E-state index in [0.717, 1.165) is 10.5 Å². The number of hydrogen-bond donors (Lipinski definition) is 11. The van der Waals surface area contributed by atoms with Gasteiger partial charge in [-0.3, -0.25) is 38.6 Å². The van der Waals surface area contributed by atoms with E-state index in [2.05, 4.69) is 48.5 Å². The fourth-order valence-corrected chi connectivity index (χ4v) is 8.48. The predicted molar refractivity (Wildman–Crippen MR) is 287 cm³/mol. The van der Waals surface area contributed by atoms with E-state index in [4.69, 9.17) is 16.2 Å². The van der Waals surface area contributed by atoms with Gasteiger partial charge in [0.1, 0.15) is 35.9 Å². The molecule has 10 atom stereocenters. The van der Waals surface area contributed by atoms with E-state index in [1.54, 1.807) is 50.6 Å². The number of ether oxygens (including phenoxy) is 1. The fourth-order valence-electron chi connectivity index (χ4n) is 8.48.